The lowest BCUT2D eigenvalue weighted by Gasteiger charge is -2.09. The van der Waals surface area contributed by atoms with Crippen molar-refractivity contribution in [3.63, 3.8) is 0 Å². The van der Waals surface area contributed by atoms with Crippen LogP contribution in [-0.4, -0.2) is 28.6 Å². The number of hydrogen-bond donors (Lipinski definition) is 2. The first-order chi connectivity index (χ1) is 8.58. The van der Waals surface area contributed by atoms with Crippen molar-refractivity contribution in [3.05, 3.63) is 16.7 Å². The molecule has 0 aliphatic rings. The molecule has 0 spiro atoms. The van der Waals surface area contributed by atoms with E-state index < -0.39 is 12.0 Å². The van der Waals surface area contributed by atoms with E-state index >= 15 is 0 Å². The smallest absolute Gasteiger partial charge is 0.323 e. The van der Waals surface area contributed by atoms with E-state index in [1.165, 1.54) is 0 Å². The molecule has 6 heteroatoms. The highest BCUT2D eigenvalue weighted by atomic mass is 35.5. The maximum atomic E-state index is 11.4. The zero-order valence-corrected chi connectivity index (χ0v) is 11.6. The predicted molar refractivity (Wildman–Crippen MR) is 70.5 cm³/mol. The van der Waals surface area contributed by atoms with Crippen LogP contribution in [-0.2, 0) is 22.4 Å². The topological polar surface area (TPSA) is 81.0 Å². The number of aromatic amines is 1. The standard InChI is InChI=1S/C12H20ClN3O2/c1-3-5-6-10-15-9(11(13)16-10)7-8(14)12(17)18-4-2/h8H,3-7,14H2,1-2H3,(H,15,16). The summed E-state index contributed by atoms with van der Waals surface area (Å²) in [5.41, 5.74) is 6.43. The lowest BCUT2D eigenvalue weighted by atomic mass is 10.2. The Balaban J connectivity index is 2.61. The van der Waals surface area contributed by atoms with E-state index in [9.17, 15) is 4.79 Å². The highest BCUT2D eigenvalue weighted by Crippen LogP contribution is 2.15. The van der Waals surface area contributed by atoms with Crippen LogP contribution in [0.2, 0.25) is 5.15 Å². The molecule has 0 radical (unpaired) electrons. The SMILES string of the molecule is CCCCc1nc(Cl)c(CC(N)C(=O)OCC)[nH]1. The largest absolute Gasteiger partial charge is 0.465 e. The minimum Gasteiger partial charge on any atom is -0.465 e. The number of esters is 1. The van der Waals surface area contributed by atoms with Gasteiger partial charge in [-0.25, -0.2) is 4.98 Å². The average molecular weight is 274 g/mol. The number of nitrogens with one attached hydrogen (secondary N) is 1. The van der Waals surface area contributed by atoms with Crippen molar-refractivity contribution in [2.45, 2.75) is 45.6 Å². The molecule has 0 amide bonds. The highest BCUT2D eigenvalue weighted by molar-refractivity contribution is 6.30. The van der Waals surface area contributed by atoms with Crippen LogP contribution in [0.5, 0.6) is 0 Å². The lowest BCUT2D eigenvalue weighted by molar-refractivity contribution is -0.144. The number of nitrogens with two attached hydrogens (primary N) is 1. The normalized spacial score (nSPS) is 12.4. The van der Waals surface area contributed by atoms with Crippen LogP contribution in [0.15, 0.2) is 0 Å². The summed E-state index contributed by atoms with van der Waals surface area (Å²) < 4.78 is 4.85. The molecular weight excluding hydrogens is 254 g/mol. The first-order valence-electron chi connectivity index (χ1n) is 6.23. The summed E-state index contributed by atoms with van der Waals surface area (Å²) in [4.78, 5) is 18.7. The van der Waals surface area contributed by atoms with Gasteiger partial charge in [-0.05, 0) is 13.3 Å². The summed E-state index contributed by atoms with van der Waals surface area (Å²) in [6, 6.07) is -0.707. The molecule has 0 bridgehead atoms. The third-order valence-electron chi connectivity index (χ3n) is 2.56. The summed E-state index contributed by atoms with van der Waals surface area (Å²) in [7, 11) is 0. The molecule has 0 fully saturated rings. The Morgan fingerprint density at radius 3 is 2.89 bits per heavy atom. The molecule has 1 atom stereocenters. The van der Waals surface area contributed by atoms with E-state index in [1.807, 2.05) is 0 Å². The first-order valence-corrected chi connectivity index (χ1v) is 6.61. The summed E-state index contributed by atoms with van der Waals surface area (Å²) >= 11 is 6.00. The minimum atomic E-state index is -0.707. The zero-order chi connectivity index (χ0) is 13.5. The third kappa shape index (κ3) is 4.31. The molecule has 1 aromatic heterocycles. The van der Waals surface area contributed by atoms with E-state index in [-0.39, 0.29) is 0 Å². The number of carbonyl (C=O) groups excluding carboxylic acids is 1. The molecule has 3 N–H and O–H groups in total. The second-order valence-corrected chi connectivity index (χ2v) is 4.48. The fourth-order valence-electron chi connectivity index (χ4n) is 1.59. The van der Waals surface area contributed by atoms with Gasteiger partial charge in [-0.2, -0.15) is 0 Å². The number of carbonyl (C=O) groups is 1. The van der Waals surface area contributed by atoms with Crippen LogP contribution in [0, 0.1) is 0 Å². The Morgan fingerprint density at radius 1 is 1.56 bits per heavy atom. The van der Waals surface area contributed by atoms with E-state index in [2.05, 4.69) is 16.9 Å². The molecule has 1 rings (SSSR count). The number of imidazole rings is 1. The van der Waals surface area contributed by atoms with Crippen molar-refractivity contribution < 1.29 is 9.53 Å². The van der Waals surface area contributed by atoms with Gasteiger partial charge in [0.15, 0.2) is 0 Å². The minimum absolute atomic E-state index is 0.316. The van der Waals surface area contributed by atoms with Crippen LogP contribution in [0.3, 0.4) is 0 Å². The lowest BCUT2D eigenvalue weighted by Crippen LogP contribution is -2.34. The van der Waals surface area contributed by atoms with E-state index in [1.54, 1.807) is 6.92 Å². The summed E-state index contributed by atoms with van der Waals surface area (Å²) in [5, 5.41) is 0.390. The summed E-state index contributed by atoms with van der Waals surface area (Å²) in [6.07, 6.45) is 3.31. The Bertz CT molecular complexity index is 393. The molecule has 1 heterocycles. The molecule has 1 unspecified atom stereocenters. The van der Waals surface area contributed by atoms with Crippen LogP contribution < -0.4 is 5.73 Å². The number of aryl methyl sites for hydroxylation is 1. The maximum Gasteiger partial charge on any atom is 0.323 e. The van der Waals surface area contributed by atoms with Crippen molar-refractivity contribution in [2.24, 2.45) is 5.73 Å². The van der Waals surface area contributed by atoms with Crippen LogP contribution >= 0.6 is 11.6 Å². The molecule has 0 saturated carbocycles. The monoisotopic (exact) mass is 273 g/mol. The predicted octanol–water partition coefficient (Wildman–Crippen LogP) is 1.84. The molecule has 0 aromatic carbocycles. The quantitative estimate of drug-likeness (QED) is 0.743. The third-order valence-corrected chi connectivity index (χ3v) is 2.87. The van der Waals surface area contributed by atoms with E-state index in [0.29, 0.717) is 23.9 Å². The van der Waals surface area contributed by atoms with Gasteiger partial charge in [0.25, 0.3) is 0 Å². The second kappa shape index (κ2) is 7.38. The van der Waals surface area contributed by atoms with Crippen molar-refractivity contribution in [2.75, 3.05) is 6.61 Å². The number of ether oxygens (including phenoxy) is 1. The molecule has 18 heavy (non-hydrogen) atoms. The van der Waals surface area contributed by atoms with Gasteiger partial charge in [-0.3, -0.25) is 4.79 Å². The second-order valence-electron chi connectivity index (χ2n) is 4.12. The van der Waals surface area contributed by atoms with Gasteiger partial charge in [-0.15, -0.1) is 0 Å². The number of H-pyrrole nitrogens is 1. The van der Waals surface area contributed by atoms with Gasteiger partial charge in [0.1, 0.15) is 17.0 Å². The molecule has 0 aliphatic carbocycles. The van der Waals surface area contributed by atoms with Crippen LogP contribution in [0.1, 0.15) is 38.2 Å². The van der Waals surface area contributed by atoms with Gasteiger partial charge in [-0.1, -0.05) is 24.9 Å². The van der Waals surface area contributed by atoms with Gasteiger partial charge in [0.05, 0.1) is 12.3 Å². The number of halogens is 1. The molecule has 5 nitrogen and oxygen atoms in total. The molecular formula is C12H20ClN3O2. The average Bonchev–Trinajstić information content (AvgIpc) is 2.67. The van der Waals surface area contributed by atoms with Crippen LogP contribution in [0.4, 0.5) is 0 Å². The number of nitrogens with zero attached hydrogens (tertiary/aromatic N) is 1. The highest BCUT2D eigenvalue weighted by Gasteiger charge is 2.18. The fraction of sp³-hybridized carbons (Fsp3) is 0.667. The fourth-order valence-corrected chi connectivity index (χ4v) is 1.82. The molecule has 1 aromatic rings. The van der Waals surface area contributed by atoms with E-state index in [0.717, 1.165) is 25.1 Å². The number of unbranched alkanes of at least 4 members (excludes halogenated alkanes) is 1. The Kier molecular flexibility index (Phi) is 6.15. The van der Waals surface area contributed by atoms with Crippen molar-refractivity contribution in [1.29, 1.82) is 0 Å². The molecule has 0 aliphatic heterocycles. The van der Waals surface area contributed by atoms with E-state index in [4.69, 9.17) is 22.1 Å². The van der Waals surface area contributed by atoms with Gasteiger partial charge < -0.3 is 15.5 Å². The number of rotatable bonds is 7. The van der Waals surface area contributed by atoms with Gasteiger partial charge in [0, 0.05) is 12.8 Å². The zero-order valence-electron chi connectivity index (χ0n) is 10.8. The van der Waals surface area contributed by atoms with Crippen LogP contribution in [0.25, 0.3) is 0 Å². The van der Waals surface area contributed by atoms with Gasteiger partial charge in [0.2, 0.25) is 0 Å². The molecule has 102 valence electrons. The Hall–Kier alpha value is -1.07. The molecule has 0 saturated heterocycles. The summed E-state index contributed by atoms with van der Waals surface area (Å²) in [5.74, 6) is 0.422. The maximum absolute atomic E-state index is 11.4. The van der Waals surface area contributed by atoms with Crippen molar-refractivity contribution in [3.8, 4) is 0 Å². The van der Waals surface area contributed by atoms with Gasteiger partial charge >= 0.3 is 5.97 Å². The Morgan fingerprint density at radius 2 is 2.28 bits per heavy atom. The number of hydrogen-bond acceptors (Lipinski definition) is 4. The number of aromatic nitrogens is 2. The van der Waals surface area contributed by atoms with Crippen molar-refractivity contribution >= 4 is 17.6 Å². The summed E-state index contributed by atoms with van der Waals surface area (Å²) in [6.45, 7) is 4.18. The van der Waals surface area contributed by atoms with Crippen molar-refractivity contribution in [1.82, 2.24) is 9.97 Å². The first kappa shape index (κ1) is 15.0. The Labute approximate surface area is 112 Å².